The van der Waals surface area contributed by atoms with Crippen molar-refractivity contribution in [2.24, 2.45) is 17.1 Å². The van der Waals surface area contributed by atoms with E-state index in [1.807, 2.05) is 0 Å². The summed E-state index contributed by atoms with van der Waals surface area (Å²) in [6, 6.07) is 0. The highest BCUT2D eigenvalue weighted by Crippen LogP contribution is 2.44. The maximum atomic E-state index is 12.0. The molecule has 0 atom stereocenters. The fraction of sp³-hybridized carbons (Fsp3) is 0.909. The summed E-state index contributed by atoms with van der Waals surface area (Å²) in [6.45, 7) is 3.30. The summed E-state index contributed by atoms with van der Waals surface area (Å²) in [6.07, 6.45) is 3.38. The Balaban J connectivity index is 2.21. The van der Waals surface area contributed by atoms with Crippen LogP contribution in [0.15, 0.2) is 0 Å². The predicted octanol–water partition coefficient (Wildman–Crippen LogP) is -0.583. The van der Waals surface area contributed by atoms with E-state index < -0.39 is 10.0 Å². The molecular weight excluding hydrogens is 254 g/mol. The van der Waals surface area contributed by atoms with Crippen LogP contribution in [0.2, 0.25) is 0 Å². The molecule has 0 saturated heterocycles. The van der Waals surface area contributed by atoms with Gasteiger partial charge in [-0.05, 0) is 25.2 Å². The van der Waals surface area contributed by atoms with Crippen molar-refractivity contribution >= 4 is 15.9 Å². The lowest BCUT2D eigenvalue weighted by Crippen LogP contribution is -2.53. The molecule has 0 bridgehead atoms. The Hall–Kier alpha value is -0.660. The van der Waals surface area contributed by atoms with Crippen LogP contribution in [0.3, 0.4) is 0 Å². The van der Waals surface area contributed by atoms with Gasteiger partial charge in [0.25, 0.3) is 0 Å². The third kappa shape index (κ3) is 4.22. The maximum absolute atomic E-state index is 12.0. The van der Waals surface area contributed by atoms with Crippen molar-refractivity contribution in [1.82, 2.24) is 10.0 Å². The Morgan fingerprint density at radius 3 is 2.44 bits per heavy atom. The number of sulfonamides is 1. The van der Waals surface area contributed by atoms with E-state index in [2.05, 4.69) is 17.0 Å². The zero-order chi connectivity index (χ0) is 13.8. The molecule has 1 rings (SSSR count). The monoisotopic (exact) mass is 277 g/mol. The number of carbonyl (C=O) groups is 1. The number of amides is 1. The van der Waals surface area contributed by atoms with Gasteiger partial charge >= 0.3 is 0 Å². The lowest BCUT2D eigenvalue weighted by molar-refractivity contribution is -0.138. The summed E-state index contributed by atoms with van der Waals surface area (Å²) in [5, 5.41) is 2.83. The Labute approximate surface area is 109 Å². The molecule has 1 amide bonds. The van der Waals surface area contributed by atoms with Crippen molar-refractivity contribution in [3.05, 3.63) is 0 Å². The van der Waals surface area contributed by atoms with E-state index >= 15 is 0 Å². The number of carbonyl (C=O) groups excluding carboxylic acids is 1. The quantitative estimate of drug-likeness (QED) is 0.542. The van der Waals surface area contributed by atoms with Crippen molar-refractivity contribution in [3.63, 3.8) is 0 Å². The highest BCUT2D eigenvalue weighted by atomic mass is 32.2. The minimum atomic E-state index is -3.14. The SMILES string of the molecule is CC1CC(CN)(C(=O)NCCCNS(C)(=O)=O)C1. The Kier molecular flexibility index (Phi) is 5.12. The molecule has 1 aliphatic rings. The van der Waals surface area contributed by atoms with Crippen LogP contribution in [0, 0.1) is 11.3 Å². The molecule has 0 aliphatic heterocycles. The first-order chi connectivity index (χ1) is 8.29. The molecule has 0 aromatic rings. The van der Waals surface area contributed by atoms with Crippen LogP contribution >= 0.6 is 0 Å². The molecule has 1 saturated carbocycles. The number of rotatable bonds is 7. The van der Waals surface area contributed by atoms with Crippen LogP contribution in [0.25, 0.3) is 0 Å². The van der Waals surface area contributed by atoms with Gasteiger partial charge in [-0.15, -0.1) is 0 Å². The van der Waals surface area contributed by atoms with E-state index in [1.165, 1.54) is 0 Å². The predicted molar refractivity (Wildman–Crippen MR) is 70.4 cm³/mol. The maximum Gasteiger partial charge on any atom is 0.227 e. The first-order valence-electron chi connectivity index (χ1n) is 6.22. The van der Waals surface area contributed by atoms with Gasteiger partial charge in [0.2, 0.25) is 15.9 Å². The van der Waals surface area contributed by atoms with E-state index in [-0.39, 0.29) is 11.3 Å². The van der Waals surface area contributed by atoms with Gasteiger partial charge in [-0.2, -0.15) is 0 Å². The summed E-state index contributed by atoms with van der Waals surface area (Å²) in [5.41, 5.74) is 5.28. The minimum Gasteiger partial charge on any atom is -0.356 e. The summed E-state index contributed by atoms with van der Waals surface area (Å²) in [7, 11) is -3.14. The second-order valence-electron chi connectivity index (χ2n) is 5.27. The van der Waals surface area contributed by atoms with Gasteiger partial charge in [0.15, 0.2) is 0 Å². The second-order valence-corrected chi connectivity index (χ2v) is 7.11. The van der Waals surface area contributed by atoms with E-state index in [0.29, 0.717) is 32.0 Å². The molecule has 4 N–H and O–H groups in total. The fourth-order valence-electron chi connectivity index (χ4n) is 2.45. The third-order valence-electron chi connectivity index (χ3n) is 3.35. The molecule has 0 spiro atoms. The highest BCUT2D eigenvalue weighted by Gasteiger charge is 2.46. The third-order valence-corrected chi connectivity index (χ3v) is 4.08. The first kappa shape index (κ1) is 15.4. The van der Waals surface area contributed by atoms with Gasteiger partial charge in [0, 0.05) is 19.6 Å². The van der Waals surface area contributed by atoms with E-state index in [4.69, 9.17) is 5.73 Å². The van der Waals surface area contributed by atoms with Gasteiger partial charge in [-0.25, -0.2) is 13.1 Å². The summed E-state index contributed by atoms with van der Waals surface area (Å²) < 4.78 is 24.0. The molecule has 1 aliphatic carbocycles. The fourth-order valence-corrected chi connectivity index (χ4v) is 2.97. The summed E-state index contributed by atoms with van der Waals surface area (Å²) in [5.74, 6) is 0.564. The Morgan fingerprint density at radius 2 is 2.00 bits per heavy atom. The smallest absolute Gasteiger partial charge is 0.227 e. The van der Waals surface area contributed by atoms with Crippen molar-refractivity contribution in [1.29, 1.82) is 0 Å². The van der Waals surface area contributed by atoms with Crippen LogP contribution in [0.5, 0.6) is 0 Å². The lowest BCUT2D eigenvalue weighted by atomic mass is 9.62. The zero-order valence-electron chi connectivity index (χ0n) is 11.0. The topological polar surface area (TPSA) is 101 Å². The van der Waals surface area contributed by atoms with E-state index in [0.717, 1.165) is 19.1 Å². The first-order valence-corrected chi connectivity index (χ1v) is 8.11. The Bertz CT molecular complexity index is 388. The molecule has 0 aromatic carbocycles. The largest absolute Gasteiger partial charge is 0.356 e. The van der Waals surface area contributed by atoms with E-state index in [1.54, 1.807) is 0 Å². The molecular formula is C11H23N3O3S. The standard InChI is InChI=1S/C11H23N3O3S/c1-9-6-11(7-9,8-12)10(15)13-4-3-5-14-18(2,16)17/h9,14H,3-8,12H2,1-2H3,(H,13,15). The lowest BCUT2D eigenvalue weighted by Gasteiger charge is -2.44. The second kappa shape index (κ2) is 5.99. The average Bonchev–Trinajstić information content (AvgIpc) is 2.22. The normalized spacial score (nSPS) is 27.6. The minimum absolute atomic E-state index is 0.00227. The number of hydrogen-bond acceptors (Lipinski definition) is 4. The Morgan fingerprint density at radius 1 is 1.39 bits per heavy atom. The average molecular weight is 277 g/mol. The highest BCUT2D eigenvalue weighted by molar-refractivity contribution is 7.88. The van der Waals surface area contributed by atoms with Gasteiger partial charge < -0.3 is 11.1 Å². The zero-order valence-corrected chi connectivity index (χ0v) is 11.8. The van der Waals surface area contributed by atoms with Crippen LogP contribution in [-0.4, -0.2) is 40.2 Å². The van der Waals surface area contributed by atoms with Crippen LogP contribution in [0.4, 0.5) is 0 Å². The van der Waals surface area contributed by atoms with Gasteiger partial charge in [0.1, 0.15) is 0 Å². The molecule has 0 radical (unpaired) electrons. The molecule has 0 unspecified atom stereocenters. The number of nitrogens with two attached hydrogens (primary N) is 1. The summed E-state index contributed by atoms with van der Waals surface area (Å²) in [4.78, 5) is 12.0. The van der Waals surface area contributed by atoms with Crippen molar-refractivity contribution in [2.75, 3.05) is 25.9 Å². The molecule has 18 heavy (non-hydrogen) atoms. The molecule has 6 nitrogen and oxygen atoms in total. The van der Waals surface area contributed by atoms with E-state index in [9.17, 15) is 13.2 Å². The van der Waals surface area contributed by atoms with Crippen LogP contribution in [0.1, 0.15) is 26.2 Å². The summed E-state index contributed by atoms with van der Waals surface area (Å²) >= 11 is 0. The molecule has 1 fully saturated rings. The molecule has 0 aromatic heterocycles. The van der Waals surface area contributed by atoms with Gasteiger partial charge in [0.05, 0.1) is 11.7 Å². The van der Waals surface area contributed by atoms with Crippen molar-refractivity contribution < 1.29 is 13.2 Å². The van der Waals surface area contributed by atoms with Crippen molar-refractivity contribution in [3.8, 4) is 0 Å². The van der Waals surface area contributed by atoms with Gasteiger partial charge in [-0.3, -0.25) is 4.79 Å². The van der Waals surface area contributed by atoms with Gasteiger partial charge in [-0.1, -0.05) is 6.92 Å². The number of nitrogens with one attached hydrogen (secondary N) is 2. The van der Waals surface area contributed by atoms with Crippen molar-refractivity contribution in [2.45, 2.75) is 26.2 Å². The molecule has 0 heterocycles. The number of hydrogen-bond donors (Lipinski definition) is 3. The molecule has 7 heteroatoms. The van der Waals surface area contributed by atoms with Crippen LogP contribution < -0.4 is 15.8 Å². The van der Waals surface area contributed by atoms with Crippen LogP contribution in [-0.2, 0) is 14.8 Å². The molecule has 106 valence electrons.